The first-order valence-electron chi connectivity index (χ1n) is 4.21. The topological polar surface area (TPSA) is 35.5 Å². The van der Waals surface area contributed by atoms with E-state index in [2.05, 4.69) is 0 Å². The van der Waals surface area contributed by atoms with E-state index in [1.807, 2.05) is 0 Å². The van der Waals surface area contributed by atoms with E-state index in [0.717, 1.165) is 18.4 Å². The highest BCUT2D eigenvalue weighted by atomic mass is 16.7. The third kappa shape index (κ3) is 0.924. The van der Waals surface area contributed by atoms with Crippen LogP contribution in [-0.4, -0.2) is 18.0 Å². The van der Waals surface area contributed by atoms with Gasteiger partial charge in [-0.3, -0.25) is 4.79 Å². The van der Waals surface area contributed by atoms with Crippen molar-refractivity contribution in [3.8, 4) is 0 Å². The Labute approximate surface area is 71.3 Å². The summed E-state index contributed by atoms with van der Waals surface area (Å²) in [5.74, 6) is 0.549. The van der Waals surface area contributed by atoms with Gasteiger partial charge in [-0.1, -0.05) is 0 Å². The quantitative estimate of drug-likeness (QED) is 0.548. The third-order valence-corrected chi connectivity index (χ3v) is 2.22. The fourth-order valence-electron chi connectivity index (χ4n) is 1.54. The summed E-state index contributed by atoms with van der Waals surface area (Å²) in [5, 5.41) is 0. The second-order valence-corrected chi connectivity index (χ2v) is 3.66. The first kappa shape index (κ1) is 7.65. The molecule has 0 saturated carbocycles. The van der Waals surface area contributed by atoms with E-state index in [4.69, 9.17) is 9.47 Å². The van der Waals surface area contributed by atoms with Crippen molar-refractivity contribution in [1.29, 1.82) is 0 Å². The molecule has 2 rings (SSSR count). The van der Waals surface area contributed by atoms with Gasteiger partial charge in [-0.05, 0) is 26.7 Å². The minimum Gasteiger partial charge on any atom is -0.465 e. The van der Waals surface area contributed by atoms with Crippen molar-refractivity contribution >= 4 is 5.78 Å². The maximum atomic E-state index is 11.6. The zero-order chi connectivity index (χ0) is 8.77. The average Bonchev–Trinajstić information content (AvgIpc) is 2.24. The molecule has 12 heavy (non-hydrogen) atoms. The summed E-state index contributed by atoms with van der Waals surface area (Å²) >= 11 is 0. The Kier molecular flexibility index (Phi) is 1.43. The first-order valence-corrected chi connectivity index (χ1v) is 4.21. The molecule has 0 aromatic carbocycles. The number of ether oxygens (including phenoxy) is 2. The molecule has 0 amide bonds. The Hall–Kier alpha value is -0.990. The second-order valence-electron chi connectivity index (χ2n) is 3.66. The standard InChI is InChI=1S/C9H12O3/c1-9(2)7(10)6-4-3-5-11-8(6)12-9/h3-5H2,1-2H3. The van der Waals surface area contributed by atoms with Crippen LogP contribution in [0.2, 0.25) is 0 Å². The lowest BCUT2D eigenvalue weighted by atomic mass is 9.96. The van der Waals surface area contributed by atoms with Crippen LogP contribution < -0.4 is 0 Å². The molecule has 0 unspecified atom stereocenters. The molecule has 0 aromatic heterocycles. The summed E-state index contributed by atoms with van der Waals surface area (Å²) in [6, 6.07) is 0. The van der Waals surface area contributed by atoms with E-state index in [9.17, 15) is 4.79 Å². The van der Waals surface area contributed by atoms with Gasteiger partial charge in [-0.25, -0.2) is 0 Å². The van der Waals surface area contributed by atoms with Crippen molar-refractivity contribution in [1.82, 2.24) is 0 Å². The lowest BCUT2D eigenvalue weighted by Crippen LogP contribution is -2.29. The molecular weight excluding hydrogens is 156 g/mol. The molecule has 0 bridgehead atoms. The van der Waals surface area contributed by atoms with Gasteiger partial charge in [-0.15, -0.1) is 0 Å². The molecule has 0 atom stereocenters. The summed E-state index contributed by atoms with van der Waals surface area (Å²) in [5.41, 5.74) is 0.0425. The van der Waals surface area contributed by atoms with Gasteiger partial charge in [-0.2, -0.15) is 0 Å². The SMILES string of the molecule is CC1(C)OC2=C(CCCO2)C1=O. The van der Waals surface area contributed by atoms with Gasteiger partial charge in [0.15, 0.2) is 5.60 Å². The Balaban J connectivity index is 2.32. The van der Waals surface area contributed by atoms with E-state index in [1.165, 1.54) is 0 Å². The van der Waals surface area contributed by atoms with Crippen LogP contribution in [0.15, 0.2) is 11.5 Å². The number of rotatable bonds is 0. The summed E-state index contributed by atoms with van der Waals surface area (Å²) in [6.07, 6.45) is 1.72. The van der Waals surface area contributed by atoms with Crippen molar-refractivity contribution in [2.75, 3.05) is 6.61 Å². The molecule has 2 aliphatic heterocycles. The molecule has 0 spiro atoms. The minimum atomic E-state index is -0.699. The van der Waals surface area contributed by atoms with Gasteiger partial charge in [0.1, 0.15) is 0 Å². The van der Waals surface area contributed by atoms with Crippen LogP contribution >= 0.6 is 0 Å². The fourth-order valence-corrected chi connectivity index (χ4v) is 1.54. The van der Waals surface area contributed by atoms with Gasteiger partial charge in [0.05, 0.1) is 12.2 Å². The highest BCUT2D eigenvalue weighted by Gasteiger charge is 2.43. The number of hydrogen-bond acceptors (Lipinski definition) is 3. The maximum absolute atomic E-state index is 11.6. The average molecular weight is 168 g/mol. The zero-order valence-corrected chi connectivity index (χ0v) is 7.35. The number of hydrogen-bond donors (Lipinski definition) is 0. The molecule has 0 aromatic rings. The molecule has 2 aliphatic rings. The van der Waals surface area contributed by atoms with Crippen LogP contribution in [0.4, 0.5) is 0 Å². The van der Waals surface area contributed by atoms with Crippen LogP contribution in [-0.2, 0) is 14.3 Å². The van der Waals surface area contributed by atoms with Gasteiger partial charge < -0.3 is 9.47 Å². The summed E-state index contributed by atoms with van der Waals surface area (Å²) in [7, 11) is 0. The Morgan fingerprint density at radius 3 is 2.83 bits per heavy atom. The van der Waals surface area contributed by atoms with Gasteiger partial charge in [0.2, 0.25) is 5.78 Å². The fraction of sp³-hybridized carbons (Fsp3) is 0.667. The van der Waals surface area contributed by atoms with Crippen molar-refractivity contribution in [2.24, 2.45) is 0 Å². The molecule has 0 fully saturated rings. The van der Waals surface area contributed by atoms with Gasteiger partial charge in [0, 0.05) is 0 Å². The van der Waals surface area contributed by atoms with E-state index >= 15 is 0 Å². The van der Waals surface area contributed by atoms with Crippen molar-refractivity contribution in [3.05, 3.63) is 11.5 Å². The molecule has 0 N–H and O–H groups in total. The molecule has 3 heteroatoms. The van der Waals surface area contributed by atoms with Crippen LogP contribution in [0.25, 0.3) is 0 Å². The normalized spacial score (nSPS) is 26.3. The molecule has 0 radical (unpaired) electrons. The Morgan fingerprint density at radius 1 is 1.42 bits per heavy atom. The second kappa shape index (κ2) is 2.25. The molecule has 66 valence electrons. The van der Waals surface area contributed by atoms with Crippen LogP contribution in [0, 0.1) is 0 Å². The smallest absolute Gasteiger partial charge is 0.287 e. The summed E-state index contributed by atoms with van der Waals surface area (Å²) < 4.78 is 10.6. The Bertz CT molecular complexity index is 263. The summed E-state index contributed by atoms with van der Waals surface area (Å²) in [6.45, 7) is 4.22. The van der Waals surface area contributed by atoms with Gasteiger partial charge in [0.25, 0.3) is 5.95 Å². The molecular formula is C9H12O3. The predicted octanol–water partition coefficient (Wildman–Crippen LogP) is 1.39. The van der Waals surface area contributed by atoms with Crippen molar-refractivity contribution < 1.29 is 14.3 Å². The monoisotopic (exact) mass is 168 g/mol. The largest absolute Gasteiger partial charge is 0.465 e. The maximum Gasteiger partial charge on any atom is 0.287 e. The van der Waals surface area contributed by atoms with E-state index in [1.54, 1.807) is 13.8 Å². The van der Waals surface area contributed by atoms with Crippen LogP contribution in [0.5, 0.6) is 0 Å². The van der Waals surface area contributed by atoms with Crippen LogP contribution in [0.1, 0.15) is 26.7 Å². The summed E-state index contributed by atoms with van der Waals surface area (Å²) in [4.78, 5) is 11.6. The van der Waals surface area contributed by atoms with Crippen LogP contribution in [0.3, 0.4) is 0 Å². The first-order chi connectivity index (χ1) is 5.61. The van der Waals surface area contributed by atoms with E-state index in [-0.39, 0.29) is 5.78 Å². The molecule has 0 saturated heterocycles. The van der Waals surface area contributed by atoms with Gasteiger partial charge >= 0.3 is 0 Å². The van der Waals surface area contributed by atoms with Crippen molar-refractivity contribution in [3.63, 3.8) is 0 Å². The number of ketones is 1. The lowest BCUT2D eigenvalue weighted by molar-refractivity contribution is -0.130. The Morgan fingerprint density at radius 2 is 2.17 bits per heavy atom. The zero-order valence-electron chi connectivity index (χ0n) is 7.35. The molecule has 3 nitrogen and oxygen atoms in total. The lowest BCUT2D eigenvalue weighted by Gasteiger charge is -2.17. The number of Topliss-reactive ketones (excluding diaryl/α,β-unsaturated/α-hetero) is 1. The highest BCUT2D eigenvalue weighted by Crippen LogP contribution is 2.35. The van der Waals surface area contributed by atoms with Crippen molar-refractivity contribution in [2.45, 2.75) is 32.3 Å². The number of carbonyl (C=O) groups excluding carboxylic acids is 1. The van der Waals surface area contributed by atoms with E-state index in [0.29, 0.717) is 12.6 Å². The molecule has 2 heterocycles. The third-order valence-electron chi connectivity index (χ3n) is 2.22. The molecule has 0 aliphatic carbocycles. The predicted molar refractivity (Wildman–Crippen MR) is 42.4 cm³/mol. The minimum absolute atomic E-state index is 0.0807. The number of carbonyl (C=O) groups is 1. The highest BCUT2D eigenvalue weighted by molar-refractivity contribution is 6.03. The van der Waals surface area contributed by atoms with E-state index < -0.39 is 5.60 Å².